The van der Waals surface area contributed by atoms with E-state index in [2.05, 4.69) is 6.07 Å². The highest BCUT2D eigenvalue weighted by Crippen LogP contribution is 2.22. The van der Waals surface area contributed by atoms with E-state index in [-0.39, 0.29) is 0 Å². The second kappa shape index (κ2) is 3.38. The molecule has 1 aromatic carbocycles. The highest BCUT2D eigenvalue weighted by atomic mass is 16.6. The number of ether oxygens (including phenoxy) is 1. The van der Waals surface area contributed by atoms with E-state index in [0.29, 0.717) is 24.4 Å². The molecule has 1 heterocycles. The molecule has 69 valence electrons. The first kappa shape index (κ1) is 8.57. The van der Waals surface area contributed by atoms with Gasteiger partial charge in [-0.05, 0) is 18.2 Å². The van der Waals surface area contributed by atoms with Crippen molar-refractivity contribution in [1.82, 2.24) is 0 Å². The number of nitriles is 1. The van der Waals surface area contributed by atoms with Crippen molar-refractivity contribution in [3.05, 3.63) is 29.8 Å². The van der Waals surface area contributed by atoms with Crippen LogP contribution in [0.3, 0.4) is 0 Å². The Hall–Kier alpha value is -2.02. The lowest BCUT2D eigenvalue weighted by atomic mass is 10.2. The Balaban J connectivity index is 2.41. The van der Waals surface area contributed by atoms with Gasteiger partial charge in [-0.3, -0.25) is 4.90 Å². The first-order valence-electron chi connectivity index (χ1n) is 4.17. The molecule has 0 unspecified atom stereocenters. The summed E-state index contributed by atoms with van der Waals surface area (Å²) in [7, 11) is 0. The van der Waals surface area contributed by atoms with Crippen LogP contribution in [0, 0.1) is 17.4 Å². The van der Waals surface area contributed by atoms with Gasteiger partial charge in [-0.1, -0.05) is 6.07 Å². The Bertz CT molecular complexity index is 409. The van der Waals surface area contributed by atoms with E-state index >= 15 is 0 Å². The summed E-state index contributed by atoms with van der Waals surface area (Å²) in [5.41, 5.74) is 1.03. The average Bonchev–Trinajstić information content (AvgIpc) is 2.64. The molecular formula is C10H7N2O2. The average molecular weight is 187 g/mol. The van der Waals surface area contributed by atoms with Crippen LogP contribution in [0.15, 0.2) is 18.2 Å². The monoisotopic (exact) mass is 187 g/mol. The Morgan fingerprint density at radius 3 is 3.14 bits per heavy atom. The summed E-state index contributed by atoms with van der Waals surface area (Å²) >= 11 is 0. The SMILES string of the molecule is N#Cc1cc[c]cc1N1CCOC1=O. The van der Waals surface area contributed by atoms with Crippen molar-refractivity contribution in [2.24, 2.45) is 0 Å². The van der Waals surface area contributed by atoms with Gasteiger partial charge in [0, 0.05) is 0 Å². The second-order valence-corrected chi connectivity index (χ2v) is 2.82. The van der Waals surface area contributed by atoms with Crippen molar-refractivity contribution >= 4 is 11.8 Å². The number of hydrogen-bond acceptors (Lipinski definition) is 3. The summed E-state index contributed by atoms with van der Waals surface area (Å²) in [4.78, 5) is 12.7. The molecule has 0 saturated carbocycles. The van der Waals surface area contributed by atoms with Crippen LogP contribution >= 0.6 is 0 Å². The van der Waals surface area contributed by atoms with Crippen molar-refractivity contribution in [1.29, 1.82) is 5.26 Å². The third kappa shape index (κ3) is 1.29. The van der Waals surface area contributed by atoms with Crippen molar-refractivity contribution < 1.29 is 9.53 Å². The molecule has 4 nitrogen and oxygen atoms in total. The molecule has 4 heteroatoms. The van der Waals surface area contributed by atoms with Gasteiger partial charge in [-0.25, -0.2) is 4.79 Å². The van der Waals surface area contributed by atoms with E-state index in [1.54, 1.807) is 18.2 Å². The van der Waals surface area contributed by atoms with E-state index in [0.717, 1.165) is 0 Å². The number of amides is 1. The lowest BCUT2D eigenvalue weighted by Crippen LogP contribution is -2.24. The fraction of sp³-hybridized carbons (Fsp3) is 0.200. The minimum absolute atomic E-state index is 0.374. The normalized spacial score (nSPS) is 15.1. The van der Waals surface area contributed by atoms with Crippen LogP contribution in [0.4, 0.5) is 10.5 Å². The summed E-state index contributed by atoms with van der Waals surface area (Å²) in [5, 5.41) is 8.82. The van der Waals surface area contributed by atoms with Crippen molar-refractivity contribution in [3.63, 3.8) is 0 Å². The van der Waals surface area contributed by atoms with Gasteiger partial charge in [0.05, 0.1) is 17.8 Å². The fourth-order valence-electron chi connectivity index (χ4n) is 1.35. The molecule has 0 N–H and O–H groups in total. The first-order chi connectivity index (χ1) is 6.83. The largest absolute Gasteiger partial charge is 0.447 e. The molecule has 0 aliphatic carbocycles. The molecule has 1 aliphatic heterocycles. The Labute approximate surface area is 81.3 Å². The molecule has 1 aliphatic rings. The molecule has 0 spiro atoms. The maximum atomic E-state index is 11.2. The van der Waals surface area contributed by atoms with Crippen molar-refractivity contribution in [3.8, 4) is 6.07 Å². The van der Waals surface area contributed by atoms with Gasteiger partial charge in [0.25, 0.3) is 0 Å². The minimum Gasteiger partial charge on any atom is -0.447 e. The van der Waals surface area contributed by atoms with Crippen LogP contribution in [-0.2, 0) is 4.74 Å². The molecule has 2 rings (SSSR count). The number of cyclic esters (lactones) is 1. The van der Waals surface area contributed by atoms with Crippen LogP contribution in [0.2, 0.25) is 0 Å². The predicted molar refractivity (Wildman–Crippen MR) is 48.7 cm³/mol. The van der Waals surface area contributed by atoms with E-state index in [1.807, 2.05) is 6.07 Å². The number of benzene rings is 1. The number of rotatable bonds is 1. The maximum Gasteiger partial charge on any atom is 0.414 e. The van der Waals surface area contributed by atoms with Crippen LogP contribution in [0.25, 0.3) is 0 Å². The third-order valence-corrected chi connectivity index (χ3v) is 2.01. The van der Waals surface area contributed by atoms with Crippen LogP contribution in [0.1, 0.15) is 5.56 Å². The molecule has 0 aromatic heterocycles. The van der Waals surface area contributed by atoms with Gasteiger partial charge in [0.15, 0.2) is 0 Å². The van der Waals surface area contributed by atoms with Gasteiger partial charge in [0.1, 0.15) is 12.7 Å². The molecule has 1 aromatic rings. The molecule has 1 radical (unpaired) electrons. The smallest absolute Gasteiger partial charge is 0.414 e. The van der Waals surface area contributed by atoms with E-state index < -0.39 is 6.09 Å². The number of hydrogen-bond donors (Lipinski definition) is 0. The van der Waals surface area contributed by atoms with E-state index in [1.165, 1.54) is 4.90 Å². The number of nitrogens with zero attached hydrogens (tertiary/aromatic N) is 2. The standard InChI is InChI=1S/C10H7N2O2/c11-7-8-3-1-2-4-9(8)12-5-6-14-10(12)13/h1,3-4H,5-6H2. The lowest BCUT2D eigenvalue weighted by Gasteiger charge is -2.13. The quantitative estimate of drug-likeness (QED) is 0.666. The second-order valence-electron chi connectivity index (χ2n) is 2.82. The first-order valence-corrected chi connectivity index (χ1v) is 4.17. The summed E-state index contributed by atoms with van der Waals surface area (Å²) in [5.74, 6) is 0. The van der Waals surface area contributed by atoms with Crippen LogP contribution in [-0.4, -0.2) is 19.2 Å². The summed E-state index contributed by atoms with van der Waals surface area (Å²) in [6.07, 6.45) is -0.402. The topological polar surface area (TPSA) is 53.3 Å². The summed E-state index contributed by atoms with van der Waals surface area (Å²) in [6.45, 7) is 0.865. The Kier molecular flexibility index (Phi) is 2.07. The zero-order chi connectivity index (χ0) is 9.97. The highest BCUT2D eigenvalue weighted by molar-refractivity contribution is 5.90. The minimum atomic E-state index is -0.402. The predicted octanol–water partition coefficient (Wildman–Crippen LogP) is 1.32. The Morgan fingerprint density at radius 2 is 2.50 bits per heavy atom. The summed E-state index contributed by atoms with van der Waals surface area (Å²) < 4.78 is 4.78. The maximum absolute atomic E-state index is 11.2. The van der Waals surface area contributed by atoms with Crippen LogP contribution < -0.4 is 4.90 Å². The van der Waals surface area contributed by atoms with Gasteiger partial charge in [-0.15, -0.1) is 0 Å². The molecule has 0 atom stereocenters. The lowest BCUT2D eigenvalue weighted by molar-refractivity contribution is 0.181. The molecule has 1 fully saturated rings. The Morgan fingerprint density at radius 1 is 1.64 bits per heavy atom. The van der Waals surface area contributed by atoms with Gasteiger partial charge in [-0.2, -0.15) is 5.26 Å². The third-order valence-electron chi connectivity index (χ3n) is 2.01. The molecule has 14 heavy (non-hydrogen) atoms. The number of anilines is 1. The summed E-state index contributed by atoms with van der Waals surface area (Å²) in [6, 6.07) is 9.74. The van der Waals surface area contributed by atoms with E-state index in [9.17, 15) is 4.79 Å². The molecular weight excluding hydrogens is 180 g/mol. The van der Waals surface area contributed by atoms with Gasteiger partial charge in [0.2, 0.25) is 0 Å². The van der Waals surface area contributed by atoms with Crippen molar-refractivity contribution in [2.75, 3.05) is 18.1 Å². The highest BCUT2D eigenvalue weighted by Gasteiger charge is 2.25. The molecule has 1 amide bonds. The van der Waals surface area contributed by atoms with Gasteiger partial charge >= 0.3 is 6.09 Å². The zero-order valence-corrected chi connectivity index (χ0v) is 7.36. The van der Waals surface area contributed by atoms with Gasteiger partial charge < -0.3 is 4.74 Å². The number of carbonyl (C=O) groups is 1. The number of carbonyl (C=O) groups excluding carboxylic acids is 1. The van der Waals surface area contributed by atoms with E-state index in [4.69, 9.17) is 10.00 Å². The molecule has 0 bridgehead atoms. The molecule has 1 saturated heterocycles. The van der Waals surface area contributed by atoms with Crippen LogP contribution in [0.5, 0.6) is 0 Å². The zero-order valence-electron chi connectivity index (χ0n) is 7.36. The fourth-order valence-corrected chi connectivity index (χ4v) is 1.35. The van der Waals surface area contributed by atoms with Crippen molar-refractivity contribution in [2.45, 2.75) is 0 Å².